The zero-order chi connectivity index (χ0) is 17.5. The third kappa shape index (κ3) is 5.24. The lowest BCUT2D eigenvalue weighted by Gasteiger charge is -2.35. The Kier molecular flexibility index (Phi) is 6.14. The lowest BCUT2D eigenvalue weighted by molar-refractivity contribution is -0.136. The molecular formula is C16H23N5O3. The quantitative estimate of drug-likeness (QED) is 0.401. The second-order valence-electron chi connectivity index (χ2n) is 5.72. The van der Waals surface area contributed by atoms with Crippen LogP contribution in [0.5, 0.6) is 0 Å². The number of rotatable bonds is 7. The summed E-state index contributed by atoms with van der Waals surface area (Å²) in [6.07, 6.45) is -0.0597. The molecule has 0 atom stereocenters. The van der Waals surface area contributed by atoms with Crippen molar-refractivity contribution >= 4 is 23.4 Å². The zero-order valence-corrected chi connectivity index (χ0v) is 13.5. The van der Waals surface area contributed by atoms with Gasteiger partial charge in [0.05, 0.1) is 13.0 Å². The maximum Gasteiger partial charge on any atom is 0.305 e. The molecule has 2 rings (SSSR count). The number of benzene rings is 1. The number of amides is 1. The van der Waals surface area contributed by atoms with Crippen molar-refractivity contribution in [3.8, 4) is 0 Å². The molecule has 0 spiro atoms. The Morgan fingerprint density at radius 1 is 1.17 bits per heavy atom. The number of nitrogens with two attached hydrogens (primary N) is 1. The van der Waals surface area contributed by atoms with Crippen molar-refractivity contribution in [2.75, 3.05) is 44.2 Å². The molecule has 130 valence electrons. The highest BCUT2D eigenvalue weighted by molar-refractivity contribution is 5.95. The lowest BCUT2D eigenvalue weighted by atomic mass is 10.1. The van der Waals surface area contributed by atoms with Gasteiger partial charge in [-0.05, 0) is 24.3 Å². The van der Waals surface area contributed by atoms with Crippen LogP contribution >= 0.6 is 0 Å². The molecule has 5 N–H and O–H groups in total. The number of carbonyl (C=O) groups excluding carboxylic acids is 1. The minimum atomic E-state index is -0.917. The molecule has 1 aromatic rings. The second-order valence-corrected chi connectivity index (χ2v) is 5.72. The van der Waals surface area contributed by atoms with E-state index in [4.69, 9.17) is 16.2 Å². The molecule has 1 aliphatic heterocycles. The van der Waals surface area contributed by atoms with Crippen LogP contribution in [0.25, 0.3) is 0 Å². The van der Waals surface area contributed by atoms with E-state index in [1.165, 1.54) is 0 Å². The average molecular weight is 333 g/mol. The highest BCUT2D eigenvalue weighted by atomic mass is 16.4. The molecule has 8 heteroatoms. The molecule has 0 bridgehead atoms. The zero-order valence-electron chi connectivity index (χ0n) is 13.5. The predicted molar refractivity (Wildman–Crippen MR) is 91.4 cm³/mol. The molecule has 1 aliphatic rings. The summed E-state index contributed by atoms with van der Waals surface area (Å²) in [5, 5.41) is 18.6. The molecule has 0 unspecified atom stereocenters. The number of carboxylic acid groups (broad SMARTS) is 1. The van der Waals surface area contributed by atoms with Gasteiger partial charge in [0, 0.05) is 44.0 Å². The first kappa shape index (κ1) is 17.7. The fraction of sp³-hybridized carbons (Fsp3) is 0.438. The van der Waals surface area contributed by atoms with Gasteiger partial charge in [-0.1, -0.05) is 0 Å². The van der Waals surface area contributed by atoms with Gasteiger partial charge in [0.25, 0.3) is 0 Å². The third-order valence-corrected chi connectivity index (χ3v) is 3.94. The first-order chi connectivity index (χ1) is 11.5. The van der Waals surface area contributed by atoms with Crippen LogP contribution in [0, 0.1) is 5.41 Å². The van der Waals surface area contributed by atoms with Crippen molar-refractivity contribution < 1.29 is 14.7 Å². The molecule has 24 heavy (non-hydrogen) atoms. The summed E-state index contributed by atoms with van der Waals surface area (Å²) < 4.78 is 0. The SMILES string of the molecule is N=C(N)c1ccc(N2CCN(CC(=O)NCCC(=O)O)CC2)cc1. The number of nitrogens with zero attached hydrogens (tertiary/aromatic N) is 2. The van der Waals surface area contributed by atoms with Crippen LogP contribution in [0.3, 0.4) is 0 Å². The van der Waals surface area contributed by atoms with Crippen LogP contribution in [0.4, 0.5) is 5.69 Å². The van der Waals surface area contributed by atoms with Crippen molar-refractivity contribution in [1.29, 1.82) is 5.41 Å². The summed E-state index contributed by atoms with van der Waals surface area (Å²) in [5.41, 5.74) is 7.23. The van der Waals surface area contributed by atoms with Crippen molar-refractivity contribution in [3.05, 3.63) is 29.8 Å². The fourth-order valence-electron chi connectivity index (χ4n) is 2.58. The number of anilines is 1. The molecule has 1 aromatic carbocycles. The number of aliphatic carboxylic acids is 1. The Bertz CT molecular complexity index is 594. The molecule has 0 aromatic heterocycles. The molecule has 1 fully saturated rings. The molecule has 1 heterocycles. The van der Waals surface area contributed by atoms with E-state index in [1.807, 2.05) is 24.3 Å². The number of carboxylic acids is 1. The maximum absolute atomic E-state index is 11.8. The van der Waals surface area contributed by atoms with Gasteiger partial charge < -0.3 is 21.1 Å². The number of nitrogens with one attached hydrogen (secondary N) is 2. The summed E-state index contributed by atoms with van der Waals surface area (Å²) in [7, 11) is 0. The van der Waals surface area contributed by atoms with Crippen LogP contribution < -0.4 is 16.0 Å². The number of nitrogen functional groups attached to an aromatic ring is 1. The molecule has 0 saturated carbocycles. The number of amidine groups is 1. The summed E-state index contributed by atoms with van der Waals surface area (Å²) in [6, 6.07) is 7.57. The number of hydrogen-bond donors (Lipinski definition) is 4. The first-order valence-corrected chi connectivity index (χ1v) is 7.86. The van der Waals surface area contributed by atoms with Gasteiger partial charge in [0.2, 0.25) is 5.91 Å². The highest BCUT2D eigenvalue weighted by Gasteiger charge is 2.19. The minimum absolute atomic E-state index is 0.0558. The van der Waals surface area contributed by atoms with Crippen molar-refractivity contribution in [2.24, 2.45) is 5.73 Å². The number of hydrogen-bond acceptors (Lipinski definition) is 5. The predicted octanol–water partition coefficient (Wildman–Crippen LogP) is -0.316. The summed E-state index contributed by atoms with van der Waals surface area (Å²) >= 11 is 0. The van der Waals surface area contributed by atoms with Crippen LogP contribution in [-0.4, -0.2) is 67.0 Å². The van der Waals surface area contributed by atoms with E-state index >= 15 is 0 Å². The Morgan fingerprint density at radius 3 is 2.33 bits per heavy atom. The van der Waals surface area contributed by atoms with Crippen LogP contribution in [0.1, 0.15) is 12.0 Å². The van der Waals surface area contributed by atoms with E-state index < -0.39 is 5.97 Å². The first-order valence-electron chi connectivity index (χ1n) is 7.86. The second kappa shape index (κ2) is 8.30. The standard InChI is InChI=1S/C16H23N5O3/c17-16(18)12-1-3-13(4-2-12)21-9-7-20(8-10-21)11-14(22)19-6-5-15(23)24/h1-4H,5-11H2,(H3,17,18)(H,19,22)(H,23,24). The van der Waals surface area contributed by atoms with Gasteiger partial charge in [0.1, 0.15) is 5.84 Å². The van der Waals surface area contributed by atoms with E-state index in [1.54, 1.807) is 0 Å². The van der Waals surface area contributed by atoms with Crippen molar-refractivity contribution in [2.45, 2.75) is 6.42 Å². The highest BCUT2D eigenvalue weighted by Crippen LogP contribution is 2.17. The van der Waals surface area contributed by atoms with E-state index in [-0.39, 0.29) is 31.3 Å². The molecule has 1 saturated heterocycles. The smallest absolute Gasteiger partial charge is 0.305 e. The fourth-order valence-corrected chi connectivity index (χ4v) is 2.58. The Morgan fingerprint density at radius 2 is 1.79 bits per heavy atom. The molecule has 0 radical (unpaired) electrons. The van der Waals surface area contributed by atoms with E-state index in [9.17, 15) is 9.59 Å². The monoisotopic (exact) mass is 333 g/mol. The molecular weight excluding hydrogens is 310 g/mol. The largest absolute Gasteiger partial charge is 0.481 e. The molecule has 0 aliphatic carbocycles. The van der Waals surface area contributed by atoms with Gasteiger partial charge in [-0.15, -0.1) is 0 Å². The van der Waals surface area contributed by atoms with Gasteiger partial charge in [-0.25, -0.2) is 0 Å². The van der Waals surface area contributed by atoms with E-state index in [2.05, 4.69) is 15.1 Å². The van der Waals surface area contributed by atoms with E-state index in [0.717, 1.165) is 31.9 Å². The minimum Gasteiger partial charge on any atom is -0.481 e. The third-order valence-electron chi connectivity index (χ3n) is 3.94. The Hall–Kier alpha value is -2.61. The van der Waals surface area contributed by atoms with Crippen molar-refractivity contribution in [1.82, 2.24) is 10.2 Å². The Balaban J connectivity index is 1.75. The van der Waals surface area contributed by atoms with E-state index in [0.29, 0.717) is 5.56 Å². The number of piperazine rings is 1. The lowest BCUT2D eigenvalue weighted by Crippen LogP contribution is -2.49. The molecule has 1 amide bonds. The van der Waals surface area contributed by atoms with Gasteiger partial charge in [-0.3, -0.25) is 19.9 Å². The Labute approximate surface area is 140 Å². The van der Waals surface area contributed by atoms with Gasteiger partial charge in [0.15, 0.2) is 0 Å². The summed E-state index contributed by atoms with van der Waals surface area (Å²) in [5.74, 6) is -1.00. The maximum atomic E-state index is 11.8. The normalized spacial score (nSPS) is 15.1. The van der Waals surface area contributed by atoms with Crippen molar-refractivity contribution in [3.63, 3.8) is 0 Å². The van der Waals surface area contributed by atoms with Crippen LogP contribution in [0.15, 0.2) is 24.3 Å². The summed E-state index contributed by atoms with van der Waals surface area (Å²) in [4.78, 5) is 26.4. The van der Waals surface area contributed by atoms with Crippen LogP contribution in [0.2, 0.25) is 0 Å². The van der Waals surface area contributed by atoms with Crippen LogP contribution in [-0.2, 0) is 9.59 Å². The van der Waals surface area contributed by atoms with Gasteiger partial charge in [-0.2, -0.15) is 0 Å². The molecule has 8 nitrogen and oxygen atoms in total. The summed E-state index contributed by atoms with van der Waals surface area (Å²) in [6.45, 7) is 3.60. The average Bonchev–Trinajstić information content (AvgIpc) is 2.55. The van der Waals surface area contributed by atoms with Gasteiger partial charge >= 0.3 is 5.97 Å². The topological polar surface area (TPSA) is 123 Å². The number of carbonyl (C=O) groups is 2.